The zero-order chi connectivity index (χ0) is 19.9. The lowest BCUT2D eigenvalue weighted by molar-refractivity contribution is 0.173. The summed E-state index contributed by atoms with van der Waals surface area (Å²) in [5, 5.41) is 6.41. The van der Waals surface area contributed by atoms with Gasteiger partial charge in [0.2, 0.25) is 12.7 Å². The Morgan fingerprint density at radius 2 is 1.97 bits per heavy atom. The highest BCUT2D eigenvalue weighted by Crippen LogP contribution is 2.34. The van der Waals surface area contributed by atoms with Gasteiger partial charge in [0.1, 0.15) is 18.6 Å². The second-order valence-corrected chi connectivity index (χ2v) is 6.23. The molecule has 0 amide bonds. The molecule has 1 aromatic heterocycles. The van der Waals surface area contributed by atoms with Gasteiger partial charge in [0.05, 0.1) is 18.8 Å². The summed E-state index contributed by atoms with van der Waals surface area (Å²) in [5.41, 5.74) is 1.74. The van der Waals surface area contributed by atoms with Gasteiger partial charge in [-0.25, -0.2) is 4.98 Å². The van der Waals surface area contributed by atoms with E-state index < -0.39 is 0 Å². The number of oxazole rings is 1. The van der Waals surface area contributed by atoms with Crippen LogP contribution in [0.25, 0.3) is 11.5 Å². The number of nitrogens with zero attached hydrogens (tertiary/aromatic N) is 2. The van der Waals surface area contributed by atoms with Gasteiger partial charge in [-0.2, -0.15) is 0 Å². The Morgan fingerprint density at radius 3 is 2.83 bits per heavy atom. The monoisotopic (exact) mass is 394 g/mol. The van der Waals surface area contributed by atoms with Gasteiger partial charge in [-0.1, -0.05) is 18.2 Å². The fourth-order valence-electron chi connectivity index (χ4n) is 2.80. The van der Waals surface area contributed by atoms with Gasteiger partial charge in [-0.05, 0) is 24.3 Å². The molecule has 0 bridgehead atoms. The molecule has 1 aliphatic rings. The molecular weight excluding hydrogens is 372 g/mol. The van der Waals surface area contributed by atoms with Crippen LogP contribution in [-0.2, 0) is 6.54 Å². The predicted octanol–water partition coefficient (Wildman–Crippen LogP) is 2.81. The van der Waals surface area contributed by atoms with E-state index in [4.69, 9.17) is 18.6 Å². The first-order valence-corrected chi connectivity index (χ1v) is 9.28. The zero-order valence-corrected chi connectivity index (χ0v) is 16.1. The van der Waals surface area contributed by atoms with Crippen LogP contribution >= 0.6 is 0 Å². The Balaban J connectivity index is 1.21. The largest absolute Gasteiger partial charge is 0.492 e. The highest BCUT2D eigenvalue weighted by Gasteiger charge is 2.13. The highest BCUT2D eigenvalue weighted by atomic mass is 16.7. The Labute approximate surface area is 168 Å². The first kappa shape index (κ1) is 18.7. The number of hydrogen-bond donors (Lipinski definition) is 2. The molecular formula is C21H22N4O4. The molecule has 0 saturated heterocycles. The van der Waals surface area contributed by atoms with Crippen LogP contribution in [0, 0.1) is 0 Å². The van der Waals surface area contributed by atoms with E-state index in [2.05, 4.69) is 20.6 Å². The van der Waals surface area contributed by atoms with Gasteiger partial charge in [0.15, 0.2) is 17.5 Å². The van der Waals surface area contributed by atoms with Crippen LogP contribution in [0.5, 0.6) is 17.2 Å². The number of rotatable bonds is 7. The maximum absolute atomic E-state index is 5.73. The van der Waals surface area contributed by atoms with Crippen molar-refractivity contribution in [3.8, 4) is 28.7 Å². The summed E-state index contributed by atoms with van der Waals surface area (Å²) in [7, 11) is 1.71. The van der Waals surface area contributed by atoms with E-state index in [9.17, 15) is 0 Å². The average Bonchev–Trinajstić information content (AvgIpc) is 3.43. The predicted molar refractivity (Wildman–Crippen MR) is 108 cm³/mol. The number of benzene rings is 2. The molecule has 1 aliphatic heterocycles. The van der Waals surface area contributed by atoms with Gasteiger partial charge < -0.3 is 29.3 Å². The number of hydrogen-bond acceptors (Lipinski definition) is 6. The third-order valence-electron chi connectivity index (χ3n) is 4.24. The minimum Gasteiger partial charge on any atom is -0.492 e. The van der Waals surface area contributed by atoms with Crippen LogP contribution in [0.1, 0.15) is 5.69 Å². The summed E-state index contributed by atoms with van der Waals surface area (Å²) in [5.74, 6) is 3.43. The van der Waals surface area contributed by atoms with Crippen molar-refractivity contribution < 1.29 is 18.6 Å². The van der Waals surface area contributed by atoms with E-state index in [1.54, 1.807) is 13.3 Å². The van der Waals surface area contributed by atoms with E-state index in [0.717, 1.165) is 22.8 Å². The van der Waals surface area contributed by atoms with Gasteiger partial charge in [-0.15, -0.1) is 0 Å². The standard InChI is InChI=1S/C21H22N4O4/c1-22-21(23-9-10-26-17-7-8-18-19(11-17)29-14-28-18)24-12-16-13-27-20(25-16)15-5-3-2-4-6-15/h2-8,11,13H,9-10,12,14H2,1H3,(H2,22,23,24). The van der Waals surface area contributed by atoms with Crippen LogP contribution in [0.15, 0.2) is 64.2 Å². The first-order valence-electron chi connectivity index (χ1n) is 9.28. The lowest BCUT2D eigenvalue weighted by atomic mass is 10.2. The second-order valence-electron chi connectivity index (χ2n) is 6.23. The Kier molecular flexibility index (Phi) is 5.80. The topological polar surface area (TPSA) is 90.1 Å². The molecule has 0 saturated carbocycles. The van der Waals surface area contributed by atoms with Gasteiger partial charge in [-0.3, -0.25) is 4.99 Å². The molecule has 8 heteroatoms. The van der Waals surface area contributed by atoms with Crippen molar-refractivity contribution in [3.05, 3.63) is 60.5 Å². The van der Waals surface area contributed by atoms with Crippen molar-refractivity contribution in [2.24, 2.45) is 4.99 Å². The first-order chi connectivity index (χ1) is 14.3. The Bertz CT molecular complexity index is 972. The van der Waals surface area contributed by atoms with E-state index in [0.29, 0.717) is 37.3 Å². The van der Waals surface area contributed by atoms with E-state index in [-0.39, 0.29) is 6.79 Å². The minimum absolute atomic E-state index is 0.251. The van der Waals surface area contributed by atoms with Crippen LogP contribution < -0.4 is 24.8 Å². The molecule has 0 atom stereocenters. The fourth-order valence-corrected chi connectivity index (χ4v) is 2.80. The molecule has 2 N–H and O–H groups in total. The van der Waals surface area contributed by atoms with E-state index in [1.165, 1.54) is 0 Å². The van der Waals surface area contributed by atoms with Crippen molar-refractivity contribution in [1.29, 1.82) is 0 Å². The fraction of sp³-hybridized carbons (Fsp3) is 0.238. The van der Waals surface area contributed by atoms with Crippen molar-refractivity contribution in [3.63, 3.8) is 0 Å². The van der Waals surface area contributed by atoms with Crippen molar-refractivity contribution in [2.45, 2.75) is 6.54 Å². The summed E-state index contributed by atoms with van der Waals surface area (Å²) >= 11 is 0. The molecule has 0 fully saturated rings. The maximum Gasteiger partial charge on any atom is 0.231 e. The summed E-state index contributed by atoms with van der Waals surface area (Å²) < 4.78 is 21.9. The molecule has 3 aromatic rings. The second kappa shape index (κ2) is 9.01. The smallest absolute Gasteiger partial charge is 0.231 e. The molecule has 0 spiro atoms. The van der Waals surface area contributed by atoms with Gasteiger partial charge in [0.25, 0.3) is 0 Å². The molecule has 150 valence electrons. The number of ether oxygens (including phenoxy) is 3. The SMILES string of the molecule is CN=C(NCCOc1ccc2c(c1)OCO2)NCc1coc(-c2ccccc2)n1. The van der Waals surface area contributed by atoms with Gasteiger partial charge >= 0.3 is 0 Å². The third-order valence-corrected chi connectivity index (χ3v) is 4.24. The molecule has 2 heterocycles. The molecule has 8 nitrogen and oxygen atoms in total. The zero-order valence-electron chi connectivity index (χ0n) is 16.1. The minimum atomic E-state index is 0.251. The number of fused-ring (bicyclic) bond motifs is 1. The Hall–Kier alpha value is -3.68. The summed E-state index contributed by atoms with van der Waals surface area (Å²) in [6.07, 6.45) is 1.64. The summed E-state index contributed by atoms with van der Waals surface area (Å²) in [4.78, 5) is 8.70. The maximum atomic E-state index is 5.73. The number of guanidine groups is 1. The van der Waals surface area contributed by atoms with Crippen LogP contribution in [0.3, 0.4) is 0 Å². The van der Waals surface area contributed by atoms with E-state index in [1.807, 2.05) is 48.5 Å². The number of aliphatic imine (C=N–C) groups is 1. The molecule has 4 rings (SSSR count). The van der Waals surface area contributed by atoms with Crippen molar-refractivity contribution >= 4 is 5.96 Å². The lowest BCUT2D eigenvalue weighted by Gasteiger charge is -2.12. The quantitative estimate of drug-likeness (QED) is 0.362. The summed E-state index contributed by atoms with van der Waals surface area (Å²) in [6, 6.07) is 15.3. The average molecular weight is 394 g/mol. The third kappa shape index (κ3) is 4.78. The highest BCUT2D eigenvalue weighted by molar-refractivity contribution is 5.79. The number of aromatic nitrogens is 1. The van der Waals surface area contributed by atoms with Crippen LogP contribution in [0.2, 0.25) is 0 Å². The van der Waals surface area contributed by atoms with Crippen molar-refractivity contribution in [1.82, 2.24) is 15.6 Å². The van der Waals surface area contributed by atoms with Crippen LogP contribution in [-0.4, -0.2) is 37.9 Å². The van der Waals surface area contributed by atoms with Crippen LogP contribution in [0.4, 0.5) is 0 Å². The molecule has 0 radical (unpaired) electrons. The molecule has 0 unspecified atom stereocenters. The molecule has 29 heavy (non-hydrogen) atoms. The Morgan fingerprint density at radius 1 is 1.10 bits per heavy atom. The van der Waals surface area contributed by atoms with E-state index >= 15 is 0 Å². The molecule has 2 aromatic carbocycles. The number of nitrogens with one attached hydrogen (secondary N) is 2. The van der Waals surface area contributed by atoms with Gasteiger partial charge in [0, 0.05) is 18.7 Å². The lowest BCUT2D eigenvalue weighted by Crippen LogP contribution is -2.38. The van der Waals surface area contributed by atoms with Crippen molar-refractivity contribution in [2.75, 3.05) is 27.0 Å². The normalized spacial score (nSPS) is 12.7. The molecule has 0 aliphatic carbocycles. The summed E-state index contributed by atoms with van der Waals surface area (Å²) in [6.45, 7) is 1.81.